The van der Waals surface area contributed by atoms with E-state index in [0.717, 1.165) is 26.1 Å². The molecule has 0 N–H and O–H groups in total. The van der Waals surface area contributed by atoms with Gasteiger partial charge in [0, 0.05) is 12.8 Å². The Bertz CT molecular complexity index is 756. The third kappa shape index (κ3) is 3.13. The van der Waals surface area contributed by atoms with Crippen LogP contribution >= 0.6 is 7.92 Å². The zero-order valence-electron chi connectivity index (χ0n) is 16.3. The first kappa shape index (κ1) is 18.2. The van der Waals surface area contributed by atoms with Crippen LogP contribution in [0.2, 0.25) is 0 Å². The van der Waals surface area contributed by atoms with E-state index in [2.05, 4.69) is 82.3 Å². The zero-order chi connectivity index (χ0) is 18.4. The number of benzene rings is 2. The van der Waals surface area contributed by atoms with Crippen LogP contribution in [0.15, 0.2) is 54.6 Å². The summed E-state index contributed by atoms with van der Waals surface area (Å²) in [6.07, 6.45) is 1.94. The molecule has 0 atom stereocenters. The van der Waals surface area contributed by atoms with Gasteiger partial charge in [0.15, 0.2) is 5.79 Å². The molecular weight excluding hydrogens is 339 g/mol. The monoisotopic (exact) mass is 368 g/mol. The lowest BCUT2D eigenvalue weighted by atomic mass is 9.91. The number of hydrogen-bond acceptors (Lipinski definition) is 2. The normalized spacial score (nSPS) is 24.0. The van der Waals surface area contributed by atoms with E-state index in [1.165, 1.54) is 16.4 Å². The lowest BCUT2D eigenvalue weighted by molar-refractivity contribution is -0.178. The Morgan fingerprint density at radius 2 is 1.27 bits per heavy atom. The van der Waals surface area contributed by atoms with Gasteiger partial charge in [-0.3, -0.25) is 0 Å². The minimum atomic E-state index is -0.400. The van der Waals surface area contributed by atoms with Crippen molar-refractivity contribution < 1.29 is 9.47 Å². The fraction of sp³-hybridized carbons (Fsp3) is 0.478. The molecule has 2 heterocycles. The summed E-state index contributed by atoms with van der Waals surface area (Å²) in [5.74, 6) is -0.381. The first-order chi connectivity index (χ1) is 12.3. The van der Waals surface area contributed by atoms with Gasteiger partial charge in [0.05, 0.1) is 13.2 Å². The van der Waals surface area contributed by atoms with E-state index in [9.17, 15) is 0 Å². The highest BCUT2D eigenvalue weighted by molar-refractivity contribution is 7.69. The maximum Gasteiger partial charge on any atom is 0.170 e. The molecule has 2 nitrogen and oxygen atoms in total. The van der Waals surface area contributed by atoms with E-state index in [4.69, 9.17) is 9.47 Å². The largest absolute Gasteiger partial charge is 0.347 e. The van der Waals surface area contributed by atoms with Gasteiger partial charge in [-0.25, -0.2) is 0 Å². The Kier molecular flexibility index (Phi) is 4.50. The summed E-state index contributed by atoms with van der Waals surface area (Å²) in [5.41, 5.74) is 2.69. The van der Waals surface area contributed by atoms with E-state index in [-0.39, 0.29) is 16.1 Å². The van der Waals surface area contributed by atoms with Crippen LogP contribution in [0.3, 0.4) is 0 Å². The molecule has 3 heteroatoms. The first-order valence-corrected chi connectivity index (χ1v) is 10.9. The zero-order valence-corrected chi connectivity index (χ0v) is 17.2. The summed E-state index contributed by atoms with van der Waals surface area (Å²) >= 11 is 0. The quantitative estimate of drug-likeness (QED) is 0.647. The van der Waals surface area contributed by atoms with Gasteiger partial charge in [-0.1, -0.05) is 90.2 Å². The molecule has 0 bridgehead atoms. The Hall–Kier alpha value is -1.21. The average Bonchev–Trinajstić information content (AvgIpc) is 3.00. The third-order valence-electron chi connectivity index (χ3n) is 5.66. The molecule has 0 aliphatic carbocycles. The van der Waals surface area contributed by atoms with E-state index in [1.54, 1.807) is 0 Å². The predicted molar refractivity (Wildman–Crippen MR) is 110 cm³/mol. The molecule has 0 radical (unpaired) electrons. The summed E-state index contributed by atoms with van der Waals surface area (Å²) in [6.45, 7) is 11.1. The summed E-state index contributed by atoms with van der Waals surface area (Å²) in [4.78, 5) is 0. The summed E-state index contributed by atoms with van der Waals surface area (Å²) in [5, 5.41) is 1.80. The molecular formula is C23H29O2P. The van der Waals surface area contributed by atoms with E-state index in [0.29, 0.717) is 0 Å². The lowest BCUT2D eigenvalue weighted by Gasteiger charge is -2.55. The average molecular weight is 368 g/mol. The summed E-state index contributed by atoms with van der Waals surface area (Å²) in [6, 6.07) is 19.8. The number of rotatable bonds is 2. The van der Waals surface area contributed by atoms with Gasteiger partial charge in [0.25, 0.3) is 0 Å². The molecule has 4 rings (SSSR count). The van der Waals surface area contributed by atoms with Crippen LogP contribution in [0.5, 0.6) is 0 Å². The fourth-order valence-electron chi connectivity index (χ4n) is 5.24. The van der Waals surface area contributed by atoms with Gasteiger partial charge in [-0.05, 0) is 26.7 Å². The lowest BCUT2D eigenvalue weighted by Crippen LogP contribution is -2.52. The highest BCUT2D eigenvalue weighted by Crippen LogP contribution is 2.68. The minimum Gasteiger partial charge on any atom is -0.347 e. The van der Waals surface area contributed by atoms with Crippen molar-refractivity contribution in [2.45, 2.75) is 56.6 Å². The molecule has 2 aliphatic heterocycles. The molecule has 0 aromatic heterocycles. The summed E-state index contributed by atoms with van der Waals surface area (Å²) < 4.78 is 12.3. The van der Waals surface area contributed by atoms with Crippen LogP contribution in [0.4, 0.5) is 0 Å². The highest BCUT2D eigenvalue weighted by Gasteiger charge is 2.57. The van der Waals surface area contributed by atoms with E-state index >= 15 is 0 Å². The van der Waals surface area contributed by atoms with Crippen LogP contribution in [0.1, 0.15) is 40.5 Å². The molecule has 0 amide bonds. The molecule has 1 spiro atoms. The van der Waals surface area contributed by atoms with Gasteiger partial charge in [0.2, 0.25) is 0 Å². The predicted octanol–water partition coefficient (Wildman–Crippen LogP) is 5.55. The van der Waals surface area contributed by atoms with Crippen molar-refractivity contribution in [1.82, 2.24) is 0 Å². The maximum atomic E-state index is 6.14. The minimum absolute atomic E-state index is 0.145. The topological polar surface area (TPSA) is 18.5 Å². The number of ether oxygens (including phenoxy) is 2. The molecule has 0 unspecified atom stereocenters. The fourth-order valence-corrected chi connectivity index (χ4v) is 9.66. The van der Waals surface area contributed by atoms with E-state index in [1.807, 2.05) is 0 Å². The van der Waals surface area contributed by atoms with Gasteiger partial charge in [-0.2, -0.15) is 0 Å². The van der Waals surface area contributed by atoms with Gasteiger partial charge >= 0.3 is 0 Å². The molecule has 2 fully saturated rings. The second kappa shape index (κ2) is 6.44. The molecule has 2 aromatic rings. The highest BCUT2D eigenvalue weighted by atomic mass is 31.1. The van der Waals surface area contributed by atoms with Gasteiger partial charge in [-0.15, -0.1) is 0 Å². The van der Waals surface area contributed by atoms with Crippen LogP contribution in [-0.4, -0.2) is 29.3 Å². The first-order valence-electron chi connectivity index (χ1n) is 9.56. The molecule has 0 saturated carbocycles. The molecule has 138 valence electrons. The molecule has 2 saturated heterocycles. The van der Waals surface area contributed by atoms with Crippen molar-refractivity contribution in [2.24, 2.45) is 0 Å². The molecule has 2 aromatic carbocycles. The smallest absolute Gasteiger partial charge is 0.170 e. The van der Waals surface area contributed by atoms with Crippen molar-refractivity contribution in [2.75, 3.05) is 13.2 Å². The van der Waals surface area contributed by atoms with Crippen molar-refractivity contribution >= 4 is 13.2 Å². The molecule has 2 aliphatic rings. The third-order valence-corrected chi connectivity index (χ3v) is 9.27. The van der Waals surface area contributed by atoms with Crippen LogP contribution in [0, 0.1) is 0 Å². The maximum absolute atomic E-state index is 6.14. The standard InChI is InChI=1S/C23H29O2P/c1-21(2)16-23(24-14-15-25-23)17-22(3,4)26(21)20-13-9-8-12-19(20)18-10-6-5-7-11-18/h5-13H,14-17H2,1-4H3. The Balaban J connectivity index is 1.81. The second-order valence-corrected chi connectivity index (χ2v) is 12.4. The van der Waals surface area contributed by atoms with Crippen LogP contribution in [-0.2, 0) is 9.47 Å². The van der Waals surface area contributed by atoms with Crippen molar-refractivity contribution in [3.8, 4) is 11.1 Å². The van der Waals surface area contributed by atoms with Crippen LogP contribution < -0.4 is 5.30 Å². The van der Waals surface area contributed by atoms with E-state index < -0.39 is 7.92 Å². The Morgan fingerprint density at radius 1 is 0.731 bits per heavy atom. The second-order valence-electron chi connectivity index (χ2n) is 8.80. The Morgan fingerprint density at radius 3 is 1.88 bits per heavy atom. The molecule has 26 heavy (non-hydrogen) atoms. The summed E-state index contributed by atoms with van der Waals surface area (Å²) in [7, 11) is -0.400. The van der Waals surface area contributed by atoms with Crippen molar-refractivity contribution in [3.63, 3.8) is 0 Å². The van der Waals surface area contributed by atoms with Gasteiger partial charge < -0.3 is 9.47 Å². The van der Waals surface area contributed by atoms with Gasteiger partial charge in [0.1, 0.15) is 0 Å². The Labute approximate surface area is 158 Å². The van der Waals surface area contributed by atoms with Crippen molar-refractivity contribution in [1.29, 1.82) is 0 Å². The SMILES string of the molecule is CC1(C)CC2(CC(C)(C)P1c1ccccc1-c1ccccc1)OCCO2. The van der Waals surface area contributed by atoms with Crippen molar-refractivity contribution in [3.05, 3.63) is 54.6 Å². The van der Waals surface area contributed by atoms with Crippen LogP contribution in [0.25, 0.3) is 11.1 Å². The number of hydrogen-bond donors (Lipinski definition) is 0.